The summed E-state index contributed by atoms with van der Waals surface area (Å²) >= 11 is 1.89. The van der Waals surface area contributed by atoms with Crippen LogP contribution in [0.1, 0.15) is 0 Å². The molecule has 294 valence electrons. The van der Waals surface area contributed by atoms with Gasteiger partial charge in [0.1, 0.15) is 0 Å². The molecule has 2 heterocycles. The minimum absolute atomic E-state index is 1.18. The van der Waals surface area contributed by atoms with Crippen molar-refractivity contribution < 1.29 is 0 Å². The van der Waals surface area contributed by atoms with Crippen molar-refractivity contribution in [2.75, 3.05) is 0 Å². The molecule has 0 radical (unpaired) electrons. The SMILES string of the molecule is c1ccc2cc(-n3c4ccccc4c4c5c6ccccc6c6cc(-c7ccc8sc9ccc(-c%10ccc%11ccc%12cccc%13ccc%10c%11c%12%13)cc9c8c7)ccc6c5ccc43)ccc2c1. The van der Waals surface area contributed by atoms with E-state index in [4.69, 9.17) is 0 Å². The maximum atomic E-state index is 2.46. The van der Waals surface area contributed by atoms with Gasteiger partial charge in [-0.25, -0.2) is 0 Å². The van der Waals surface area contributed by atoms with Crippen molar-refractivity contribution in [2.24, 2.45) is 0 Å². The lowest BCUT2D eigenvalue weighted by molar-refractivity contribution is 1.19. The second kappa shape index (κ2) is 12.8. The highest BCUT2D eigenvalue weighted by Gasteiger charge is 2.20. The van der Waals surface area contributed by atoms with Gasteiger partial charge in [0, 0.05) is 42.0 Å². The van der Waals surface area contributed by atoms with Crippen LogP contribution in [0.2, 0.25) is 0 Å². The van der Waals surface area contributed by atoms with E-state index < -0.39 is 0 Å². The number of nitrogens with zero attached hydrogens (tertiary/aromatic N) is 1. The summed E-state index contributed by atoms with van der Waals surface area (Å²) in [5.74, 6) is 0. The van der Waals surface area contributed by atoms with Crippen molar-refractivity contribution in [1.29, 1.82) is 0 Å². The van der Waals surface area contributed by atoms with E-state index in [1.54, 1.807) is 0 Å². The average molecular weight is 826 g/mol. The fraction of sp³-hybridized carbons (Fsp3) is 0. The first-order valence-corrected chi connectivity index (χ1v) is 23.0. The molecule has 0 bridgehead atoms. The molecule has 13 aromatic carbocycles. The normalized spacial score (nSPS) is 12.4. The molecule has 0 fully saturated rings. The third kappa shape index (κ3) is 4.73. The number of thiophene rings is 1. The van der Waals surface area contributed by atoms with E-state index >= 15 is 0 Å². The fourth-order valence-electron chi connectivity index (χ4n) is 11.4. The molecular weight excluding hydrogens is 791 g/mol. The molecule has 0 unspecified atom stereocenters. The molecule has 15 rings (SSSR count). The molecule has 0 N–H and O–H groups in total. The molecule has 0 saturated carbocycles. The van der Waals surface area contributed by atoms with Crippen molar-refractivity contribution in [3.63, 3.8) is 0 Å². The lowest BCUT2D eigenvalue weighted by Crippen LogP contribution is -1.94. The Hall–Kier alpha value is -8.04. The van der Waals surface area contributed by atoms with Gasteiger partial charge >= 0.3 is 0 Å². The molecule has 0 aliphatic rings. The Labute approximate surface area is 371 Å². The number of benzene rings is 13. The molecular formula is C62H35NS. The van der Waals surface area contributed by atoms with E-state index in [0.717, 1.165) is 0 Å². The Kier molecular flexibility index (Phi) is 6.89. The van der Waals surface area contributed by atoms with E-state index in [9.17, 15) is 0 Å². The maximum absolute atomic E-state index is 2.46. The Morgan fingerprint density at radius 3 is 1.67 bits per heavy atom. The molecule has 64 heavy (non-hydrogen) atoms. The van der Waals surface area contributed by atoms with Gasteiger partial charge in [-0.3, -0.25) is 0 Å². The Morgan fingerprint density at radius 1 is 0.266 bits per heavy atom. The van der Waals surface area contributed by atoms with Gasteiger partial charge in [-0.15, -0.1) is 11.3 Å². The van der Waals surface area contributed by atoms with Gasteiger partial charge in [-0.1, -0.05) is 158 Å². The largest absolute Gasteiger partial charge is 0.309 e. The monoisotopic (exact) mass is 825 g/mol. The van der Waals surface area contributed by atoms with Gasteiger partial charge in [-0.05, 0) is 147 Å². The smallest absolute Gasteiger partial charge is 0.0547 e. The van der Waals surface area contributed by atoms with Crippen LogP contribution in [0.15, 0.2) is 212 Å². The molecule has 0 atom stereocenters. The highest BCUT2D eigenvalue weighted by atomic mass is 32.1. The number of hydrogen-bond acceptors (Lipinski definition) is 1. The standard InChI is InChI=1S/C62H35NS/c1-2-9-40-32-44(24-18-36(40)8-1)63-55-15-6-5-14-51(55)62-56(63)29-28-50-47-26-21-41(33-52(47)46-12-3-4-13-48(46)61(50)62)42-22-30-57-53(34-42)54-35-43(23-31-58(54)64-57)45-25-19-39-17-16-37-10-7-11-38-20-27-49(45)60(39)59(37)38/h1-35H. The summed E-state index contributed by atoms with van der Waals surface area (Å²) in [7, 11) is 0. The Bertz CT molecular complexity index is 4450. The predicted molar refractivity (Wildman–Crippen MR) is 278 cm³/mol. The van der Waals surface area contributed by atoms with Gasteiger partial charge in [0.05, 0.1) is 11.0 Å². The minimum Gasteiger partial charge on any atom is -0.309 e. The van der Waals surface area contributed by atoms with Crippen molar-refractivity contribution in [3.05, 3.63) is 212 Å². The van der Waals surface area contributed by atoms with Crippen molar-refractivity contribution >= 4 is 129 Å². The second-order valence-electron chi connectivity index (χ2n) is 17.6. The summed E-state index contributed by atoms with van der Waals surface area (Å²) < 4.78 is 5.09. The third-order valence-corrected chi connectivity index (χ3v) is 15.4. The van der Waals surface area contributed by atoms with Crippen molar-refractivity contribution in [3.8, 4) is 27.9 Å². The lowest BCUT2D eigenvalue weighted by atomic mass is 9.89. The van der Waals surface area contributed by atoms with Crippen LogP contribution < -0.4 is 0 Å². The first-order valence-electron chi connectivity index (χ1n) is 22.2. The van der Waals surface area contributed by atoms with Crippen LogP contribution in [0.4, 0.5) is 0 Å². The maximum Gasteiger partial charge on any atom is 0.0547 e. The zero-order valence-corrected chi connectivity index (χ0v) is 35.4. The second-order valence-corrected chi connectivity index (χ2v) is 18.6. The zero-order valence-electron chi connectivity index (χ0n) is 34.6. The van der Waals surface area contributed by atoms with E-state index in [2.05, 4.69) is 217 Å². The van der Waals surface area contributed by atoms with Gasteiger partial charge in [0.25, 0.3) is 0 Å². The predicted octanol–water partition coefficient (Wildman–Crippen LogP) is 18.0. The van der Waals surface area contributed by atoms with E-state index in [1.165, 1.54) is 145 Å². The highest BCUT2D eigenvalue weighted by Crippen LogP contribution is 2.46. The van der Waals surface area contributed by atoms with Gasteiger partial charge < -0.3 is 4.57 Å². The number of rotatable bonds is 3. The molecule has 2 aromatic heterocycles. The molecule has 15 aromatic rings. The van der Waals surface area contributed by atoms with Crippen molar-refractivity contribution in [2.45, 2.75) is 0 Å². The van der Waals surface area contributed by atoms with E-state index in [-0.39, 0.29) is 0 Å². The first-order chi connectivity index (χ1) is 31.7. The van der Waals surface area contributed by atoms with Crippen LogP contribution in [0.5, 0.6) is 0 Å². The number of fused-ring (bicyclic) bond motifs is 14. The van der Waals surface area contributed by atoms with Crippen LogP contribution >= 0.6 is 11.3 Å². The number of aromatic nitrogens is 1. The average Bonchev–Trinajstić information content (AvgIpc) is 3.90. The van der Waals surface area contributed by atoms with Crippen LogP contribution in [-0.4, -0.2) is 4.57 Å². The molecule has 1 nitrogen and oxygen atoms in total. The number of hydrogen-bond donors (Lipinski definition) is 0. The fourth-order valence-corrected chi connectivity index (χ4v) is 12.5. The Morgan fingerprint density at radius 2 is 0.828 bits per heavy atom. The first kappa shape index (κ1) is 34.5. The zero-order chi connectivity index (χ0) is 41.6. The quantitative estimate of drug-likeness (QED) is 0.156. The van der Waals surface area contributed by atoms with Crippen LogP contribution in [0.3, 0.4) is 0 Å². The summed E-state index contributed by atoms with van der Waals surface area (Å²) in [5, 5.41) is 23.4. The summed E-state index contributed by atoms with van der Waals surface area (Å²) in [5.41, 5.74) is 8.64. The van der Waals surface area contributed by atoms with Gasteiger partial charge in [0.15, 0.2) is 0 Å². The summed E-state index contributed by atoms with van der Waals surface area (Å²) in [6.45, 7) is 0. The number of para-hydroxylation sites is 1. The van der Waals surface area contributed by atoms with Gasteiger partial charge in [0.2, 0.25) is 0 Å². The lowest BCUT2D eigenvalue weighted by Gasteiger charge is -2.14. The highest BCUT2D eigenvalue weighted by molar-refractivity contribution is 7.25. The van der Waals surface area contributed by atoms with Crippen molar-refractivity contribution in [1.82, 2.24) is 4.57 Å². The van der Waals surface area contributed by atoms with Crippen LogP contribution in [0.25, 0.3) is 145 Å². The summed E-state index contributed by atoms with van der Waals surface area (Å²) in [6.07, 6.45) is 0. The Balaban J connectivity index is 0.910. The molecule has 0 aliphatic carbocycles. The topological polar surface area (TPSA) is 4.93 Å². The summed E-state index contributed by atoms with van der Waals surface area (Å²) in [6, 6.07) is 79.9. The minimum atomic E-state index is 1.18. The van der Waals surface area contributed by atoms with E-state index in [0.29, 0.717) is 0 Å². The van der Waals surface area contributed by atoms with E-state index in [1.807, 2.05) is 11.3 Å². The van der Waals surface area contributed by atoms with Gasteiger partial charge in [-0.2, -0.15) is 0 Å². The van der Waals surface area contributed by atoms with Crippen LogP contribution in [0, 0.1) is 0 Å². The van der Waals surface area contributed by atoms with Crippen LogP contribution in [-0.2, 0) is 0 Å². The third-order valence-electron chi connectivity index (χ3n) is 14.3. The summed E-state index contributed by atoms with van der Waals surface area (Å²) in [4.78, 5) is 0. The molecule has 0 saturated heterocycles. The molecule has 0 spiro atoms. The molecule has 0 amide bonds. The molecule has 2 heteroatoms. The molecule has 0 aliphatic heterocycles.